The summed E-state index contributed by atoms with van der Waals surface area (Å²) < 4.78 is 6.51. The third-order valence-corrected chi connectivity index (χ3v) is 6.07. The van der Waals surface area contributed by atoms with Crippen molar-refractivity contribution in [3.8, 4) is 5.75 Å². The highest BCUT2D eigenvalue weighted by molar-refractivity contribution is 7.22. The zero-order chi connectivity index (χ0) is 18.5. The minimum atomic E-state index is 0.150. The number of aromatic nitrogens is 1. The highest BCUT2D eigenvalue weighted by atomic mass is 32.1. The number of thiazole rings is 1. The molecule has 6 heteroatoms. The predicted octanol–water partition coefficient (Wildman–Crippen LogP) is 4.17. The van der Waals surface area contributed by atoms with Crippen molar-refractivity contribution in [2.24, 2.45) is 5.92 Å². The van der Waals surface area contributed by atoms with Crippen LogP contribution in [0.1, 0.15) is 38.5 Å². The molecule has 0 bridgehead atoms. The topological polar surface area (TPSA) is 45.7 Å². The summed E-state index contributed by atoms with van der Waals surface area (Å²) in [6.45, 7) is 1.68. The lowest BCUT2D eigenvalue weighted by atomic mass is 9.88. The summed E-state index contributed by atoms with van der Waals surface area (Å²) in [5.41, 5.74) is 0.851. The van der Waals surface area contributed by atoms with Crippen LogP contribution in [0.3, 0.4) is 0 Å². The number of hydrogen-bond acceptors (Lipinski definition) is 5. The molecule has 1 amide bonds. The van der Waals surface area contributed by atoms with Gasteiger partial charge in [0.2, 0.25) is 5.91 Å². The van der Waals surface area contributed by atoms with Gasteiger partial charge in [0, 0.05) is 12.5 Å². The normalized spacial score (nSPS) is 15.5. The smallest absolute Gasteiger partial charge is 0.231 e. The third kappa shape index (κ3) is 4.35. The lowest BCUT2D eigenvalue weighted by Gasteiger charge is -2.28. The number of anilines is 1. The number of hydrogen-bond donors (Lipinski definition) is 0. The van der Waals surface area contributed by atoms with Crippen molar-refractivity contribution in [1.29, 1.82) is 0 Å². The van der Waals surface area contributed by atoms with Crippen molar-refractivity contribution >= 4 is 32.6 Å². The maximum absolute atomic E-state index is 13.3. The van der Waals surface area contributed by atoms with Crippen molar-refractivity contribution in [3.05, 3.63) is 18.2 Å². The van der Waals surface area contributed by atoms with E-state index in [2.05, 4.69) is 19.0 Å². The zero-order valence-corrected chi connectivity index (χ0v) is 16.8. The molecule has 1 saturated carbocycles. The van der Waals surface area contributed by atoms with Gasteiger partial charge in [-0.25, -0.2) is 4.98 Å². The Morgan fingerprint density at radius 1 is 1.23 bits per heavy atom. The number of fused-ring (bicyclic) bond motifs is 1. The fourth-order valence-corrected chi connectivity index (χ4v) is 4.62. The number of ether oxygens (including phenoxy) is 1. The van der Waals surface area contributed by atoms with Crippen LogP contribution in [0, 0.1) is 5.92 Å². The quantitative estimate of drug-likeness (QED) is 0.729. The zero-order valence-electron chi connectivity index (χ0n) is 16.0. The summed E-state index contributed by atoms with van der Waals surface area (Å²) in [5, 5.41) is 0.804. The van der Waals surface area contributed by atoms with Gasteiger partial charge >= 0.3 is 0 Å². The molecule has 0 spiro atoms. The average Bonchev–Trinajstić information content (AvgIpc) is 3.09. The first-order chi connectivity index (χ1) is 12.6. The molecule has 0 radical (unpaired) electrons. The number of amides is 1. The van der Waals surface area contributed by atoms with Gasteiger partial charge in [-0.05, 0) is 52.0 Å². The van der Waals surface area contributed by atoms with Gasteiger partial charge in [0.05, 0.1) is 11.8 Å². The Balaban J connectivity index is 1.87. The number of rotatable bonds is 7. The fraction of sp³-hybridized carbons (Fsp3) is 0.600. The fourth-order valence-electron chi connectivity index (χ4n) is 3.61. The van der Waals surface area contributed by atoms with Crippen molar-refractivity contribution in [1.82, 2.24) is 9.88 Å². The second-order valence-corrected chi connectivity index (χ2v) is 8.29. The molecular formula is C20H29N3O2S. The third-order valence-electron chi connectivity index (χ3n) is 5.03. The summed E-state index contributed by atoms with van der Waals surface area (Å²) >= 11 is 1.59. The Kier molecular flexibility index (Phi) is 6.48. The molecule has 1 aromatic carbocycles. The molecular weight excluding hydrogens is 346 g/mol. The van der Waals surface area contributed by atoms with Gasteiger partial charge in [0.15, 0.2) is 5.13 Å². The molecule has 1 fully saturated rings. The van der Waals surface area contributed by atoms with E-state index in [4.69, 9.17) is 9.72 Å². The van der Waals surface area contributed by atoms with Gasteiger partial charge in [0.25, 0.3) is 0 Å². The van der Waals surface area contributed by atoms with E-state index >= 15 is 0 Å². The van der Waals surface area contributed by atoms with E-state index in [-0.39, 0.29) is 11.8 Å². The highest BCUT2D eigenvalue weighted by Crippen LogP contribution is 2.36. The molecule has 1 aromatic heterocycles. The number of methoxy groups -OCH3 is 1. The number of para-hydroxylation sites is 1. The Morgan fingerprint density at radius 3 is 2.69 bits per heavy atom. The molecule has 1 heterocycles. The molecule has 142 valence electrons. The van der Waals surface area contributed by atoms with Gasteiger partial charge in [-0.2, -0.15) is 0 Å². The van der Waals surface area contributed by atoms with Gasteiger partial charge < -0.3 is 9.64 Å². The van der Waals surface area contributed by atoms with E-state index in [0.29, 0.717) is 0 Å². The van der Waals surface area contributed by atoms with Gasteiger partial charge in [-0.3, -0.25) is 9.69 Å². The van der Waals surface area contributed by atoms with Crippen LogP contribution in [0.2, 0.25) is 0 Å². The molecule has 0 atom stereocenters. The monoisotopic (exact) mass is 375 g/mol. The van der Waals surface area contributed by atoms with E-state index in [9.17, 15) is 4.79 Å². The number of nitrogens with zero attached hydrogens (tertiary/aromatic N) is 3. The van der Waals surface area contributed by atoms with Crippen LogP contribution < -0.4 is 9.64 Å². The molecule has 26 heavy (non-hydrogen) atoms. The first-order valence-electron chi connectivity index (χ1n) is 9.50. The van der Waals surface area contributed by atoms with Crippen molar-refractivity contribution in [3.63, 3.8) is 0 Å². The average molecular weight is 376 g/mol. The van der Waals surface area contributed by atoms with E-state index in [1.54, 1.807) is 18.4 Å². The van der Waals surface area contributed by atoms with Gasteiger partial charge in [-0.1, -0.05) is 36.7 Å². The maximum atomic E-state index is 13.3. The SMILES string of the molecule is COc1cccc2sc(N(CCCN(C)C)C(=O)C3CCCCC3)nc12. The second-order valence-electron chi connectivity index (χ2n) is 7.29. The largest absolute Gasteiger partial charge is 0.494 e. The van der Waals surface area contributed by atoms with E-state index in [1.165, 1.54) is 6.42 Å². The molecule has 1 aliphatic carbocycles. The molecule has 0 unspecified atom stereocenters. The summed E-state index contributed by atoms with van der Waals surface area (Å²) in [5.74, 6) is 1.17. The van der Waals surface area contributed by atoms with Crippen molar-refractivity contribution in [2.75, 3.05) is 39.2 Å². The molecule has 1 aliphatic rings. The maximum Gasteiger partial charge on any atom is 0.231 e. The lowest BCUT2D eigenvalue weighted by Crippen LogP contribution is -2.38. The molecule has 0 N–H and O–H groups in total. The van der Waals surface area contributed by atoms with Crippen molar-refractivity contribution < 1.29 is 9.53 Å². The van der Waals surface area contributed by atoms with Crippen LogP contribution in [-0.2, 0) is 4.79 Å². The van der Waals surface area contributed by atoms with Crippen molar-refractivity contribution in [2.45, 2.75) is 38.5 Å². The number of carbonyl (C=O) groups excluding carboxylic acids is 1. The molecule has 0 aliphatic heterocycles. The predicted molar refractivity (Wildman–Crippen MR) is 108 cm³/mol. The summed E-state index contributed by atoms with van der Waals surface area (Å²) in [4.78, 5) is 22.1. The van der Waals surface area contributed by atoms with Gasteiger partial charge in [-0.15, -0.1) is 0 Å². The van der Waals surface area contributed by atoms with Crippen LogP contribution in [0.4, 0.5) is 5.13 Å². The van der Waals surface area contributed by atoms with E-state index in [1.807, 2.05) is 23.1 Å². The summed E-state index contributed by atoms with van der Waals surface area (Å²) in [7, 11) is 5.79. The standard InChI is InChI=1S/C20H29N3O2S/c1-22(2)13-8-14-23(19(24)15-9-5-4-6-10-15)20-21-18-16(25-3)11-7-12-17(18)26-20/h7,11-12,15H,4-6,8-10,13-14H2,1-3H3. The molecule has 0 saturated heterocycles. The number of carbonyl (C=O) groups is 1. The van der Waals surface area contributed by atoms with E-state index < -0.39 is 0 Å². The number of benzene rings is 1. The van der Waals surface area contributed by atoms with Crippen LogP contribution in [0.25, 0.3) is 10.2 Å². The van der Waals surface area contributed by atoms with Crippen LogP contribution in [0.15, 0.2) is 18.2 Å². The van der Waals surface area contributed by atoms with Crippen LogP contribution >= 0.6 is 11.3 Å². The Morgan fingerprint density at radius 2 is 2.00 bits per heavy atom. The second kappa shape index (κ2) is 8.82. The Hall–Kier alpha value is -1.66. The molecule has 3 rings (SSSR count). The van der Waals surface area contributed by atoms with Crippen LogP contribution in [-0.4, -0.2) is 50.1 Å². The molecule has 2 aromatic rings. The Labute approximate surface area is 160 Å². The first kappa shape index (κ1) is 19.1. The minimum Gasteiger partial charge on any atom is -0.494 e. The molecule has 5 nitrogen and oxygen atoms in total. The summed E-state index contributed by atoms with van der Waals surface area (Å²) in [6.07, 6.45) is 6.54. The summed E-state index contributed by atoms with van der Waals surface area (Å²) in [6, 6.07) is 5.94. The first-order valence-corrected chi connectivity index (χ1v) is 10.3. The highest BCUT2D eigenvalue weighted by Gasteiger charge is 2.28. The van der Waals surface area contributed by atoms with Gasteiger partial charge in [0.1, 0.15) is 11.3 Å². The lowest BCUT2D eigenvalue weighted by molar-refractivity contribution is -0.123. The minimum absolute atomic E-state index is 0.150. The van der Waals surface area contributed by atoms with E-state index in [0.717, 1.165) is 66.3 Å². The Bertz CT molecular complexity index is 738. The van der Waals surface area contributed by atoms with Crippen LogP contribution in [0.5, 0.6) is 5.75 Å².